The maximum absolute atomic E-state index is 13.6. The molecule has 0 spiro atoms. The number of aromatic carboxylic acids is 1. The Hall–Kier alpha value is -4.14. The highest BCUT2D eigenvalue weighted by Gasteiger charge is 2.33. The minimum Gasteiger partial charge on any atom is -0.493 e. The molecule has 42 heavy (non-hydrogen) atoms. The van der Waals surface area contributed by atoms with Crippen LogP contribution in [0.1, 0.15) is 40.9 Å². The number of hydrazine groups is 1. The number of halogens is 1. The van der Waals surface area contributed by atoms with E-state index in [0.717, 1.165) is 69.2 Å². The number of ether oxygens (including phenoxy) is 1. The van der Waals surface area contributed by atoms with Crippen LogP contribution in [0.5, 0.6) is 5.75 Å². The van der Waals surface area contributed by atoms with Crippen LogP contribution in [0.15, 0.2) is 78.8 Å². The highest BCUT2D eigenvalue weighted by Crippen LogP contribution is 2.39. The van der Waals surface area contributed by atoms with E-state index in [1.54, 1.807) is 0 Å². The van der Waals surface area contributed by atoms with Gasteiger partial charge in [-0.2, -0.15) is 0 Å². The first-order valence-electron chi connectivity index (χ1n) is 14.6. The zero-order valence-corrected chi connectivity index (χ0v) is 24.1. The fourth-order valence-electron chi connectivity index (χ4n) is 6.60. The van der Waals surface area contributed by atoms with E-state index < -0.39 is 5.97 Å². The predicted octanol–water partition coefficient (Wildman–Crippen LogP) is 6.24. The van der Waals surface area contributed by atoms with Gasteiger partial charge >= 0.3 is 5.97 Å². The highest BCUT2D eigenvalue weighted by atomic mass is 19.1. The van der Waals surface area contributed by atoms with E-state index in [0.29, 0.717) is 44.6 Å². The number of hydrogen-bond donors (Lipinski definition) is 2. The minimum atomic E-state index is -0.926. The normalized spacial score (nSPS) is 18.2. The summed E-state index contributed by atoms with van der Waals surface area (Å²) in [6, 6.07) is 19.9. The molecule has 1 aromatic heterocycles. The van der Waals surface area contributed by atoms with E-state index in [1.165, 1.54) is 6.08 Å². The number of aromatic nitrogens is 1. The number of rotatable bonds is 7. The van der Waals surface area contributed by atoms with Crippen LogP contribution in [0.25, 0.3) is 27.2 Å². The van der Waals surface area contributed by atoms with Gasteiger partial charge in [-0.3, -0.25) is 0 Å². The number of para-hydroxylation sites is 1. The third-order valence-corrected chi connectivity index (χ3v) is 8.47. The molecule has 7 nitrogen and oxygen atoms in total. The molecule has 0 radical (unpaired) electrons. The molecule has 4 aromatic rings. The van der Waals surface area contributed by atoms with Gasteiger partial charge in [-0.15, -0.1) is 0 Å². The van der Waals surface area contributed by atoms with Crippen LogP contribution >= 0.6 is 0 Å². The molecule has 0 amide bonds. The Balaban J connectivity index is 1.41. The van der Waals surface area contributed by atoms with Gasteiger partial charge in [0.2, 0.25) is 0 Å². The molecule has 0 aliphatic carbocycles. The molecular formula is C34H37FN4O3. The van der Waals surface area contributed by atoms with Crippen LogP contribution in [0.3, 0.4) is 0 Å². The fourth-order valence-corrected chi connectivity index (χ4v) is 6.60. The summed E-state index contributed by atoms with van der Waals surface area (Å²) < 4.78 is 21.8. The van der Waals surface area contributed by atoms with Gasteiger partial charge in [-0.05, 0) is 62.4 Å². The van der Waals surface area contributed by atoms with Crippen molar-refractivity contribution in [1.82, 2.24) is 19.9 Å². The van der Waals surface area contributed by atoms with Gasteiger partial charge in [-0.25, -0.2) is 14.6 Å². The summed E-state index contributed by atoms with van der Waals surface area (Å²) in [5.41, 5.74) is 8.44. The van der Waals surface area contributed by atoms with Crippen molar-refractivity contribution in [1.29, 1.82) is 0 Å². The first-order valence-corrected chi connectivity index (χ1v) is 14.6. The molecule has 0 saturated heterocycles. The molecule has 0 saturated carbocycles. The molecule has 1 atom stereocenters. The zero-order valence-electron chi connectivity index (χ0n) is 24.1. The second kappa shape index (κ2) is 12.0. The zero-order chi connectivity index (χ0) is 29.2. The maximum Gasteiger partial charge on any atom is 0.352 e. The Morgan fingerprint density at radius 2 is 1.81 bits per heavy atom. The van der Waals surface area contributed by atoms with Crippen LogP contribution in [-0.2, 0) is 13.0 Å². The van der Waals surface area contributed by atoms with Crippen molar-refractivity contribution in [2.24, 2.45) is 0 Å². The molecule has 2 aliphatic rings. The highest BCUT2D eigenvalue weighted by molar-refractivity contribution is 6.03. The summed E-state index contributed by atoms with van der Waals surface area (Å²) in [6.45, 7) is 2.66. The van der Waals surface area contributed by atoms with Crippen molar-refractivity contribution in [2.75, 3.05) is 33.8 Å². The van der Waals surface area contributed by atoms with Crippen molar-refractivity contribution >= 4 is 33.2 Å². The molecule has 3 heterocycles. The second-order valence-corrected chi connectivity index (χ2v) is 11.2. The van der Waals surface area contributed by atoms with Crippen LogP contribution in [-0.4, -0.2) is 65.4 Å². The van der Waals surface area contributed by atoms with Gasteiger partial charge in [0.15, 0.2) is 0 Å². The summed E-state index contributed by atoms with van der Waals surface area (Å²) in [5, 5.41) is 15.6. The minimum absolute atomic E-state index is 0.342. The monoisotopic (exact) mass is 568 g/mol. The van der Waals surface area contributed by atoms with E-state index in [-0.39, 0.29) is 6.04 Å². The lowest BCUT2D eigenvalue weighted by Gasteiger charge is -2.23. The van der Waals surface area contributed by atoms with Crippen molar-refractivity contribution in [2.45, 2.75) is 38.3 Å². The van der Waals surface area contributed by atoms with E-state index in [2.05, 4.69) is 35.6 Å². The molecule has 218 valence electrons. The number of hydrogen-bond acceptors (Lipinski definition) is 5. The number of carboxylic acid groups (broad SMARTS) is 1. The Labute approximate surface area is 245 Å². The lowest BCUT2D eigenvalue weighted by molar-refractivity contribution is 0.0684. The van der Waals surface area contributed by atoms with Crippen molar-refractivity contribution in [3.05, 3.63) is 95.6 Å². The van der Waals surface area contributed by atoms with E-state index >= 15 is 0 Å². The first kappa shape index (κ1) is 28.0. The fraction of sp³-hybridized carbons (Fsp3) is 0.324. The Kier molecular flexibility index (Phi) is 8.00. The van der Waals surface area contributed by atoms with E-state index in [4.69, 9.17) is 4.74 Å². The van der Waals surface area contributed by atoms with E-state index in [1.807, 2.05) is 59.1 Å². The molecule has 2 N–H and O–H groups in total. The number of benzene rings is 3. The number of nitrogens with zero attached hydrogens (tertiary/aromatic N) is 3. The largest absolute Gasteiger partial charge is 0.493 e. The predicted molar refractivity (Wildman–Crippen MR) is 165 cm³/mol. The van der Waals surface area contributed by atoms with Crippen LogP contribution in [0.4, 0.5) is 4.39 Å². The molecule has 8 heteroatoms. The topological polar surface area (TPSA) is 70.0 Å². The number of likely N-dealkylation sites (N-methyl/N-ethyl adjacent to an activating group) is 2. The van der Waals surface area contributed by atoms with E-state index in [9.17, 15) is 14.3 Å². The Morgan fingerprint density at radius 3 is 2.64 bits per heavy atom. The molecule has 0 bridgehead atoms. The number of aryl methyl sites for hydroxylation is 2. The second-order valence-electron chi connectivity index (χ2n) is 11.2. The van der Waals surface area contributed by atoms with Gasteiger partial charge in [0, 0.05) is 47.7 Å². The molecule has 2 aliphatic heterocycles. The van der Waals surface area contributed by atoms with Gasteiger partial charge in [0.25, 0.3) is 0 Å². The van der Waals surface area contributed by atoms with Gasteiger partial charge < -0.3 is 24.3 Å². The molecule has 6 rings (SSSR count). The van der Waals surface area contributed by atoms with Gasteiger partial charge in [-0.1, -0.05) is 54.6 Å². The van der Waals surface area contributed by atoms with Crippen molar-refractivity contribution in [3.63, 3.8) is 0 Å². The third kappa shape index (κ3) is 5.16. The number of fused-ring (bicyclic) bond motifs is 2. The summed E-state index contributed by atoms with van der Waals surface area (Å²) >= 11 is 0. The smallest absolute Gasteiger partial charge is 0.352 e. The average Bonchev–Trinajstić information content (AvgIpc) is 3.46. The quantitative estimate of drug-likeness (QED) is 0.257. The summed E-state index contributed by atoms with van der Waals surface area (Å²) in [5.74, 6) is -0.0924. The summed E-state index contributed by atoms with van der Waals surface area (Å²) in [4.78, 5) is 15.1. The first-order chi connectivity index (χ1) is 20.5. The van der Waals surface area contributed by atoms with Crippen molar-refractivity contribution in [3.8, 4) is 5.75 Å². The van der Waals surface area contributed by atoms with Gasteiger partial charge in [0.1, 0.15) is 11.4 Å². The standard InChI is InChI=1S/C34H37FN4O3/c1-37-19-5-6-20-39-32-25(13-8-14-27(32)31-28(17-18-35)36-38(2)29(31)22-37)26(33(39)34(40)41)15-9-21-42-30-16-7-11-23-10-3-4-12-24(23)30/h3-4,7-8,10-14,16-18,28,36H,5-6,9,15,19-22H2,1-2H3,(H,40,41)/b18-17+. The van der Waals surface area contributed by atoms with Crippen LogP contribution in [0, 0.1) is 0 Å². The molecule has 0 fully saturated rings. The maximum atomic E-state index is 13.6. The molecular weight excluding hydrogens is 531 g/mol. The molecule has 1 unspecified atom stereocenters. The number of carboxylic acids is 1. The number of nitrogens with one attached hydrogen (secondary N) is 1. The lowest BCUT2D eigenvalue weighted by Crippen LogP contribution is -2.36. The van der Waals surface area contributed by atoms with Crippen LogP contribution < -0.4 is 10.2 Å². The SMILES string of the molecule is CN1CCCCn2c(C(=O)O)c(CCCOc3cccc4ccccc34)c3cccc(c32)C2=C(C1)N(C)NC2/C=C/F. The number of carbonyl (C=O) groups is 1. The Bertz CT molecular complexity index is 1690. The Morgan fingerprint density at radius 1 is 1.05 bits per heavy atom. The molecule has 3 aromatic carbocycles. The lowest BCUT2D eigenvalue weighted by atomic mass is 9.94. The third-order valence-electron chi connectivity index (χ3n) is 8.47. The van der Waals surface area contributed by atoms with Crippen molar-refractivity contribution < 1.29 is 19.0 Å². The van der Waals surface area contributed by atoms with Gasteiger partial charge in [0.05, 0.1) is 24.5 Å². The summed E-state index contributed by atoms with van der Waals surface area (Å²) in [6.07, 6.45) is 5.15. The van der Waals surface area contributed by atoms with Crippen LogP contribution in [0.2, 0.25) is 0 Å². The summed E-state index contributed by atoms with van der Waals surface area (Å²) in [7, 11) is 4.05. The average molecular weight is 569 g/mol.